The van der Waals surface area contributed by atoms with Gasteiger partial charge in [-0.25, -0.2) is 9.45 Å². The van der Waals surface area contributed by atoms with Crippen molar-refractivity contribution in [2.24, 2.45) is 5.73 Å². The number of hydrogen-bond acceptors (Lipinski definition) is 9. The maximum atomic E-state index is 15.2. The van der Waals surface area contributed by atoms with E-state index in [9.17, 15) is 24.3 Å². The van der Waals surface area contributed by atoms with Crippen molar-refractivity contribution >= 4 is 40.6 Å². The highest BCUT2D eigenvalue weighted by Gasteiger charge is 2.38. The molecular formula is C27H37FN6O7. The zero-order valence-electron chi connectivity index (χ0n) is 23.5. The fourth-order valence-corrected chi connectivity index (χ4v) is 4.55. The van der Waals surface area contributed by atoms with Gasteiger partial charge in [0.15, 0.2) is 18.3 Å². The van der Waals surface area contributed by atoms with Crippen LogP contribution in [0.25, 0.3) is 5.57 Å². The molecule has 1 aromatic carbocycles. The van der Waals surface area contributed by atoms with Gasteiger partial charge in [0.1, 0.15) is 5.69 Å². The Balaban J connectivity index is 1.87. The molecule has 5 N–H and O–H groups in total. The number of likely N-dealkylation sites (N-methyl/N-ethyl adjacent to an activating group) is 1. The van der Waals surface area contributed by atoms with Gasteiger partial charge in [-0.2, -0.15) is 0 Å². The van der Waals surface area contributed by atoms with Gasteiger partial charge in [-0.3, -0.25) is 28.9 Å². The molecule has 13 nitrogen and oxygen atoms in total. The fourth-order valence-electron chi connectivity index (χ4n) is 4.55. The summed E-state index contributed by atoms with van der Waals surface area (Å²) in [6, 6.07) is 1.26. The SMILES string of the molecule is C=C(CO)C(=O)N(CC)CC1=C(C)c2c(cc(F)c3c2N(C(=O)CNC(=O)CNC(=O)CCCN)CO3)N(OC)C1. The van der Waals surface area contributed by atoms with Crippen LogP contribution in [-0.2, 0) is 24.0 Å². The van der Waals surface area contributed by atoms with E-state index < -0.39 is 36.7 Å². The van der Waals surface area contributed by atoms with Crippen LogP contribution in [0.5, 0.6) is 5.75 Å². The Morgan fingerprint density at radius 2 is 1.95 bits per heavy atom. The number of rotatable bonds is 13. The number of carbonyl (C=O) groups excluding carboxylic acids is 4. The van der Waals surface area contributed by atoms with Gasteiger partial charge in [-0.15, -0.1) is 0 Å². The van der Waals surface area contributed by atoms with Crippen molar-refractivity contribution in [2.75, 3.05) is 69.7 Å². The monoisotopic (exact) mass is 576 g/mol. The Labute approximate surface area is 237 Å². The predicted octanol–water partition coefficient (Wildman–Crippen LogP) is 0.0318. The Bertz CT molecular complexity index is 1250. The quantitative estimate of drug-likeness (QED) is 0.237. The van der Waals surface area contributed by atoms with Crippen molar-refractivity contribution in [3.8, 4) is 5.75 Å². The highest BCUT2D eigenvalue weighted by Crippen LogP contribution is 2.49. The molecule has 4 amide bonds. The first kappa shape index (κ1) is 31.5. The van der Waals surface area contributed by atoms with Gasteiger partial charge in [0.25, 0.3) is 5.91 Å². The highest BCUT2D eigenvalue weighted by molar-refractivity contribution is 6.04. The van der Waals surface area contributed by atoms with E-state index in [1.807, 2.05) is 0 Å². The second-order valence-electron chi connectivity index (χ2n) is 9.50. The lowest BCUT2D eigenvalue weighted by molar-refractivity contribution is -0.127. The van der Waals surface area contributed by atoms with Gasteiger partial charge < -0.3 is 31.1 Å². The molecular weight excluding hydrogens is 539 g/mol. The third kappa shape index (κ3) is 7.01. The van der Waals surface area contributed by atoms with Crippen molar-refractivity contribution in [3.05, 3.63) is 35.2 Å². The molecule has 2 heterocycles. The lowest BCUT2D eigenvalue weighted by Gasteiger charge is -2.35. The van der Waals surface area contributed by atoms with E-state index in [4.69, 9.17) is 15.3 Å². The minimum Gasteiger partial charge on any atom is -0.467 e. The highest BCUT2D eigenvalue weighted by atomic mass is 19.1. The number of halogens is 1. The summed E-state index contributed by atoms with van der Waals surface area (Å²) in [6.45, 7) is 6.82. The molecule has 224 valence electrons. The molecule has 0 radical (unpaired) electrons. The third-order valence-corrected chi connectivity index (χ3v) is 6.86. The summed E-state index contributed by atoms with van der Waals surface area (Å²) in [4.78, 5) is 58.1. The number of benzene rings is 1. The van der Waals surface area contributed by atoms with Gasteiger partial charge in [-0.05, 0) is 38.0 Å². The summed E-state index contributed by atoms with van der Waals surface area (Å²) >= 11 is 0. The summed E-state index contributed by atoms with van der Waals surface area (Å²) in [5.74, 6) is -2.68. The molecule has 1 aromatic rings. The minimum absolute atomic E-state index is 0.0511. The zero-order chi connectivity index (χ0) is 30.3. The van der Waals surface area contributed by atoms with Gasteiger partial charge in [0.2, 0.25) is 17.7 Å². The van der Waals surface area contributed by atoms with Crippen LogP contribution in [0.15, 0.2) is 23.8 Å². The van der Waals surface area contributed by atoms with E-state index in [2.05, 4.69) is 17.2 Å². The van der Waals surface area contributed by atoms with E-state index in [-0.39, 0.29) is 55.7 Å². The number of nitrogens with zero attached hydrogens (tertiary/aromatic N) is 3. The number of aliphatic hydroxyl groups is 1. The summed E-state index contributed by atoms with van der Waals surface area (Å²) in [5, 5.41) is 15.7. The number of fused-ring (bicyclic) bond motifs is 3. The molecule has 0 unspecified atom stereocenters. The number of hydrogen-bond donors (Lipinski definition) is 4. The molecule has 2 aliphatic heterocycles. The smallest absolute Gasteiger partial charge is 0.251 e. The van der Waals surface area contributed by atoms with Crippen LogP contribution in [-0.4, -0.2) is 93.4 Å². The zero-order valence-corrected chi connectivity index (χ0v) is 23.5. The molecule has 0 saturated carbocycles. The van der Waals surface area contributed by atoms with Crippen LogP contribution in [0, 0.1) is 5.82 Å². The largest absolute Gasteiger partial charge is 0.467 e. The van der Waals surface area contributed by atoms with E-state index >= 15 is 4.39 Å². The van der Waals surface area contributed by atoms with Crippen molar-refractivity contribution in [1.82, 2.24) is 15.5 Å². The molecule has 0 aromatic heterocycles. The molecule has 0 spiro atoms. The number of nitrogens with two attached hydrogens (primary N) is 1. The van der Waals surface area contributed by atoms with Crippen molar-refractivity contribution in [2.45, 2.75) is 26.7 Å². The summed E-state index contributed by atoms with van der Waals surface area (Å²) in [6.07, 6.45) is 0.678. The fraction of sp³-hybridized carbons (Fsp3) is 0.481. The maximum absolute atomic E-state index is 15.2. The molecule has 0 bridgehead atoms. The second kappa shape index (κ2) is 14.1. The number of carbonyl (C=O) groups is 4. The number of ether oxygens (including phenoxy) is 1. The maximum Gasteiger partial charge on any atom is 0.251 e. The topological polar surface area (TPSA) is 167 Å². The molecule has 0 saturated heterocycles. The van der Waals surface area contributed by atoms with Gasteiger partial charge in [-0.1, -0.05) is 6.58 Å². The standard InChI is InChI=1S/C27H37FN6O7/c1-5-32(27(39)16(2)14-35)12-18-13-34(40-4)20-9-19(28)26-25(24(20)17(18)3)33(15-41-26)23(38)11-31-22(37)10-30-21(36)7-6-8-29/h9,35H,2,5-8,10-15,29H2,1,3-4H3,(H,30,36)(H,31,37). The number of nitrogens with one attached hydrogen (secondary N) is 2. The normalized spacial score (nSPS) is 13.8. The van der Waals surface area contributed by atoms with Crippen molar-refractivity contribution < 1.29 is 38.2 Å². The molecule has 41 heavy (non-hydrogen) atoms. The lowest BCUT2D eigenvalue weighted by Crippen LogP contribution is -2.44. The molecule has 2 aliphatic rings. The molecule has 14 heteroatoms. The number of allylic oxidation sites excluding steroid dienone is 1. The Morgan fingerprint density at radius 1 is 1.24 bits per heavy atom. The number of aliphatic hydroxyl groups excluding tert-OH is 1. The summed E-state index contributed by atoms with van der Waals surface area (Å²) in [5.41, 5.74) is 7.90. The van der Waals surface area contributed by atoms with Gasteiger partial charge >= 0.3 is 0 Å². The minimum atomic E-state index is -0.693. The van der Waals surface area contributed by atoms with Crippen molar-refractivity contribution in [1.29, 1.82) is 0 Å². The first-order chi connectivity index (χ1) is 19.6. The molecule has 0 atom stereocenters. The van der Waals surface area contributed by atoms with Crippen LogP contribution >= 0.6 is 0 Å². The second-order valence-corrected chi connectivity index (χ2v) is 9.50. The van der Waals surface area contributed by atoms with Crippen LogP contribution in [0.2, 0.25) is 0 Å². The van der Waals surface area contributed by atoms with Crippen LogP contribution < -0.4 is 31.1 Å². The van der Waals surface area contributed by atoms with Crippen molar-refractivity contribution in [3.63, 3.8) is 0 Å². The molecule has 0 fully saturated rings. The first-order valence-corrected chi connectivity index (χ1v) is 13.2. The van der Waals surface area contributed by atoms with Crippen LogP contribution in [0.4, 0.5) is 15.8 Å². The number of amides is 4. The first-order valence-electron chi connectivity index (χ1n) is 13.2. The Hall–Kier alpha value is -4.01. The van der Waals surface area contributed by atoms with E-state index in [1.165, 1.54) is 28.0 Å². The number of hydroxylamine groups is 1. The summed E-state index contributed by atoms with van der Waals surface area (Å²) in [7, 11) is 1.42. The van der Waals surface area contributed by atoms with Gasteiger partial charge in [0.05, 0.1) is 39.0 Å². The van der Waals surface area contributed by atoms with Crippen LogP contribution in [0.3, 0.4) is 0 Å². The van der Waals surface area contributed by atoms with E-state index in [0.717, 1.165) is 5.57 Å². The third-order valence-electron chi connectivity index (χ3n) is 6.86. The molecule has 0 aliphatic carbocycles. The Morgan fingerprint density at radius 3 is 2.59 bits per heavy atom. The predicted molar refractivity (Wildman–Crippen MR) is 149 cm³/mol. The van der Waals surface area contributed by atoms with Gasteiger partial charge in [0, 0.05) is 36.7 Å². The van der Waals surface area contributed by atoms with E-state index in [0.29, 0.717) is 36.3 Å². The summed E-state index contributed by atoms with van der Waals surface area (Å²) < 4.78 is 20.7. The van der Waals surface area contributed by atoms with E-state index in [1.54, 1.807) is 13.8 Å². The van der Waals surface area contributed by atoms with Crippen LogP contribution in [0.1, 0.15) is 32.3 Å². The Kier molecular flexibility index (Phi) is 10.8. The molecule has 3 rings (SSSR count). The lowest BCUT2D eigenvalue weighted by atomic mass is 9.92. The number of anilines is 2. The average Bonchev–Trinajstić information content (AvgIpc) is 3.42. The average molecular weight is 577 g/mol.